The number of amides is 2. The van der Waals surface area contributed by atoms with Crippen LogP contribution in [0.2, 0.25) is 0 Å². The second-order valence-corrected chi connectivity index (χ2v) is 12.0. The van der Waals surface area contributed by atoms with Crippen molar-refractivity contribution in [3.8, 4) is 0 Å². The topological polar surface area (TPSA) is 81.6 Å². The Labute approximate surface area is 240 Å². The summed E-state index contributed by atoms with van der Waals surface area (Å²) in [6.07, 6.45) is 12.7. The highest BCUT2D eigenvalue weighted by Crippen LogP contribution is 2.35. The number of hydrogen-bond acceptors (Lipinski definition) is 5. The molecule has 8 nitrogen and oxygen atoms in total. The summed E-state index contributed by atoms with van der Waals surface area (Å²) in [6, 6.07) is 12.2. The van der Waals surface area contributed by atoms with E-state index in [1.165, 1.54) is 52.8 Å². The molecule has 2 N–H and O–H groups in total. The lowest BCUT2D eigenvalue weighted by atomic mass is 9.92. The summed E-state index contributed by atoms with van der Waals surface area (Å²) in [5, 5.41) is 3.19. The molecule has 3 aromatic rings. The van der Waals surface area contributed by atoms with Crippen molar-refractivity contribution < 1.29 is 19.0 Å². The maximum atomic E-state index is 13.4. The third-order valence-corrected chi connectivity index (χ3v) is 9.41. The first-order chi connectivity index (χ1) is 19.5. The summed E-state index contributed by atoms with van der Waals surface area (Å²) in [5.41, 5.74) is 8.97. The Balaban J connectivity index is 1.12. The summed E-state index contributed by atoms with van der Waals surface area (Å²) in [4.78, 5) is 28.1. The molecule has 1 atom stereocenters. The molecule has 210 valence electrons. The summed E-state index contributed by atoms with van der Waals surface area (Å²) in [6.45, 7) is 1.46. The Hall–Kier alpha value is -3.46. The highest BCUT2D eigenvalue weighted by molar-refractivity contribution is 7.99. The van der Waals surface area contributed by atoms with Gasteiger partial charge in [-0.1, -0.05) is 36.4 Å². The second kappa shape index (κ2) is 12.0. The molecule has 1 unspecified atom stereocenters. The third-order valence-electron chi connectivity index (χ3n) is 8.38. The van der Waals surface area contributed by atoms with Gasteiger partial charge in [-0.3, -0.25) is 13.8 Å². The van der Waals surface area contributed by atoms with Crippen molar-refractivity contribution in [2.75, 3.05) is 17.4 Å². The molecule has 40 heavy (non-hydrogen) atoms. The van der Waals surface area contributed by atoms with Gasteiger partial charge in [0.25, 0.3) is 0 Å². The number of nitrogens with zero attached hydrogens (tertiary/aromatic N) is 3. The van der Waals surface area contributed by atoms with Gasteiger partial charge in [-0.2, -0.15) is 5.10 Å². The number of benzene rings is 2. The smallest absolute Gasteiger partial charge is 0.410 e. The number of fused-ring (bicyclic) bond motifs is 2. The van der Waals surface area contributed by atoms with Crippen LogP contribution in [0.15, 0.2) is 48.8 Å². The van der Waals surface area contributed by atoms with Gasteiger partial charge in [-0.25, -0.2) is 4.79 Å². The fraction of sp³-hybridized carbons (Fsp3) is 0.452. The molecule has 3 aliphatic rings. The van der Waals surface area contributed by atoms with E-state index in [1.54, 1.807) is 4.90 Å². The molecule has 0 radical (unpaired) electrons. The van der Waals surface area contributed by atoms with E-state index in [9.17, 15) is 9.59 Å². The van der Waals surface area contributed by atoms with Crippen molar-refractivity contribution in [3.05, 3.63) is 82.2 Å². The molecule has 0 bridgehead atoms. The zero-order valence-corrected chi connectivity index (χ0v) is 24.0. The predicted octanol–water partition coefficient (Wildman–Crippen LogP) is 4.35. The molecule has 2 heterocycles. The molecule has 0 saturated carbocycles. The molecule has 9 heteroatoms. The predicted molar refractivity (Wildman–Crippen MR) is 156 cm³/mol. The number of carbonyl (C=O) groups excluding carboxylic acids is 2. The standard InChI is InChI=1S/C31H37N5O3S/c1-34-19-26(18-32-34)36(25-12-7-15-35(20-25)31(38)39-21-22-8-3-2-4-9-22)40-33-30(37)17-29-27-13-5-10-23(27)16-24-11-6-14-28(24)29/h2-4,8-9,16,18-19,25H,5-7,10-15,17,20-21H2,1H3,(H,33,37)/p+1. The first-order valence-electron chi connectivity index (χ1n) is 14.5. The van der Waals surface area contributed by atoms with Gasteiger partial charge >= 0.3 is 6.09 Å². The number of piperidine rings is 1. The number of carbonyl (C=O) groups is 2. The Morgan fingerprint density at radius 2 is 1.85 bits per heavy atom. The van der Waals surface area contributed by atoms with Crippen LogP contribution in [0.25, 0.3) is 0 Å². The highest BCUT2D eigenvalue weighted by atomic mass is 32.2. The second-order valence-electron chi connectivity index (χ2n) is 11.2. The van der Waals surface area contributed by atoms with Crippen molar-refractivity contribution in [2.24, 2.45) is 7.05 Å². The van der Waals surface area contributed by atoms with Crippen LogP contribution < -0.4 is 13.7 Å². The number of aromatic nitrogens is 2. The minimum absolute atomic E-state index is 0.0271. The lowest BCUT2D eigenvalue weighted by molar-refractivity contribution is -0.726. The van der Waals surface area contributed by atoms with Gasteiger partial charge in [0, 0.05) is 13.1 Å². The zero-order valence-electron chi connectivity index (χ0n) is 23.2. The van der Waals surface area contributed by atoms with Gasteiger partial charge in [0.2, 0.25) is 12.1 Å². The van der Waals surface area contributed by atoms with Crippen molar-refractivity contribution in [1.29, 1.82) is 0 Å². The van der Waals surface area contributed by atoms with Crippen LogP contribution in [-0.2, 0) is 55.3 Å². The van der Waals surface area contributed by atoms with Crippen LogP contribution in [0.1, 0.15) is 59.1 Å². The average molecular weight is 561 g/mol. The SMILES string of the molecule is C[n+]1cc(N(SNC(=O)Cc2c3c(cc4c2CCC4)CCC3)C2CCCN(C(=O)OCc3ccccc3)C2)c[nH]1. The summed E-state index contributed by atoms with van der Waals surface area (Å²) in [5.74, 6) is 0.0271. The average Bonchev–Trinajstić information content (AvgIpc) is 3.74. The molecular weight excluding hydrogens is 522 g/mol. The van der Waals surface area contributed by atoms with Gasteiger partial charge in [0.05, 0.1) is 30.8 Å². The van der Waals surface area contributed by atoms with Crippen molar-refractivity contribution in [2.45, 2.75) is 70.4 Å². The highest BCUT2D eigenvalue weighted by Gasteiger charge is 2.32. The Bertz CT molecular complexity index is 1340. The maximum Gasteiger partial charge on any atom is 0.410 e. The molecule has 1 fully saturated rings. The lowest BCUT2D eigenvalue weighted by Gasteiger charge is -2.37. The number of aromatic amines is 1. The number of H-pyrrole nitrogens is 1. The summed E-state index contributed by atoms with van der Waals surface area (Å²) in [7, 11) is 1.94. The van der Waals surface area contributed by atoms with E-state index >= 15 is 0 Å². The van der Waals surface area contributed by atoms with Gasteiger partial charge in [-0.15, -0.1) is 4.68 Å². The zero-order chi connectivity index (χ0) is 27.5. The van der Waals surface area contributed by atoms with Crippen LogP contribution in [0.5, 0.6) is 0 Å². The van der Waals surface area contributed by atoms with Gasteiger partial charge in [0.1, 0.15) is 12.3 Å². The molecule has 0 spiro atoms. The van der Waals surface area contributed by atoms with Crippen LogP contribution in [0.4, 0.5) is 10.5 Å². The normalized spacial score (nSPS) is 17.8. The minimum Gasteiger partial charge on any atom is -0.445 e. The van der Waals surface area contributed by atoms with E-state index in [1.807, 2.05) is 54.5 Å². The molecule has 2 aliphatic carbocycles. The van der Waals surface area contributed by atoms with Gasteiger partial charge in [0.15, 0.2) is 7.05 Å². The Kier molecular flexibility index (Phi) is 8.00. The molecule has 2 aromatic carbocycles. The Morgan fingerprint density at radius 3 is 2.55 bits per heavy atom. The first kappa shape index (κ1) is 26.7. The fourth-order valence-corrected chi connectivity index (χ4v) is 7.27. The number of ether oxygens (including phenoxy) is 1. The summed E-state index contributed by atoms with van der Waals surface area (Å²) >= 11 is 1.33. The largest absolute Gasteiger partial charge is 0.445 e. The van der Waals surface area contributed by atoms with Crippen LogP contribution in [-0.4, -0.2) is 41.1 Å². The van der Waals surface area contributed by atoms with E-state index in [2.05, 4.69) is 20.2 Å². The monoisotopic (exact) mass is 560 g/mol. The van der Waals surface area contributed by atoms with Gasteiger partial charge in [-0.05, 0) is 84.7 Å². The lowest BCUT2D eigenvalue weighted by Crippen LogP contribution is -2.49. The number of nitrogens with one attached hydrogen (secondary N) is 2. The van der Waals surface area contributed by atoms with E-state index in [0.29, 0.717) is 19.5 Å². The fourth-order valence-electron chi connectivity index (χ4n) is 6.47. The number of rotatable bonds is 8. The van der Waals surface area contributed by atoms with E-state index in [4.69, 9.17) is 4.74 Å². The van der Waals surface area contributed by atoms with E-state index < -0.39 is 0 Å². The third kappa shape index (κ3) is 5.84. The van der Waals surface area contributed by atoms with Crippen molar-refractivity contribution >= 4 is 29.8 Å². The number of aryl methyl sites for hydroxylation is 3. The van der Waals surface area contributed by atoms with Gasteiger partial charge < -0.3 is 9.64 Å². The number of likely N-dealkylation sites (tertiary alicyclic amines) is 1. The quantitative estimate of drug-likeness (QED) is 0.316. The van der Waals surface area contributed by atoms with Crippen LogP contribution in [0.3, 0.4) is 0 Å². The molecule has 1 aromatic heterocycles. The molecule has 1 aliphatic heterocycles. The first-order valence-corrected chi connectivity index (χ1v) is 15.2. The van der Waals surface area contributed by atoms with Crippen LogP contribution in [0, 0.1) is 0 Å². The van der Waals surface area contributed by atoms with E-state index in [-0.39, 0.29) is 24.6 Å². The van der Waals surface area contributed by atoms with E-state index in [0.717, 1.165) is 49.8 Å². The number of anilines is 1. The molecule has 6 rings (SSSR count). The molecular formula is C31H38N5O3S+. The molecule has 2 amide bonds. The Morgan fingerprint density at radius 1 is 1.10 bits per heavy atom. The van der Waals surface area contributed by atoms with Crippen molar-refractivity contribution in [1.82, 2.24) is 14.7 Å². The summed E-state index contributed by atoms with van der Waals surface area (Å²) < 4.78 is 12.8. The molecule has 1 saturated heterocycles. The maximum absolute atomic E-state index is 13.4. The number of hydrogen-bond donors (Lipinski definition) is 2. The van der Waals surface area contributed by atoms with Crippen molar-refractivity contribution in [3.63, 3.8) is 0 Å². The van der Waals surface area contributed by atoms with Crippen LogP contribution >= 0.6 is 12.1 Å². The minimum atomic E-state index is -0.297.